The highest BCUT2D eigenvalue weighted by Crippen LogP contribution is 2.32. The lowest BCUT2D eigenvalue weighted by Crippen LogP contribution is -2.43. The van der Waals surface area contributed by atoms with Gasteiger partial charge in [-0.05, 0) is 67.1 Å². The number of aromatic nitrogens is 3. The molecule has 0 aliphatic carbocycles. The van der Waals surface area contributed by atoms with Crippen molar-refractivity contribution in [1.29, 1.82) is 0 Å². The predicted molar refractivity (Wildman–Crippen MR) is 135 cm³/mol. The minimum Gasteiger partial charge on any atom is -0.314 e. The highest BCUT2D eigenvalue weighted by Gasteiger charge is 2.30. The second kappa shape index (κ2) is 10.1. The summed E-state index contributed by atoms with van der Waals surface area (Å²) in [5, 5.41) is 3.82. The summed E-state index contributed by atoms with van der Waals surface area (Å²) in [5.74, 6) is 2.21. The van der Waals surface area contributed by atoms with E-state index in [1.165, 1.54) is 6.42 Å². The minimum absolute atomic E-state index is 0.0337. The summed E-state index contributed by atoms with van der Waals surface area (Å²) in [6.07, 6.45) is 5.17. The first-order valence-electron chi connectivity index (χ1n) is 12.3. The number of nitrogens with one attached hydrogen (secondary N) is 1. The highest BCUT2D eigenvalue weighted by atomic mass is 16.1. The third-order valence-electron chi connectivity index (χ3n) is 6.82. The molecule has 3 aromatic rings. The van der Waals surface area contributed by atoms with Gasteiger partial charge in [-0.1, -0.05) is 33.3 Å². The molecule has 1 unspecified atom stereocenters. The van der Waals surface area contributed by atoms with Gasteiger partial charge in [0.15, 0.2) is 0 Å². The number of hydrogen-bond acceptors (Lipinski definition) is 5. The Hall–Kier alpha value is -2.57. The van der Waals surface area contributed by atoms with Gasteiger partial charge in [-0.2, -0.15) is 0 Å². The number of benzene rings is 1. The van der Waals surface area contributed by atoms with Crippen molar-refractivity contribution in [2.24, 2.45) is 18.9 Å². The monoisotopic (exact) mass is 447 g/mol. The third kappa shape index (κ3) is 5.02. The van der Waals surface area contributed by atoms with E-state index in [9.17, 15) is 4.79 Å². The molecule has 0 spiro atoms. The average Bonchev–Trinajstić information content (AvgIpc) is 2.79. The highest BCUT2D eigenvalue weighted by molar-refractivity contribution is 5.83. The van der Waals surface area contributed by atoms with E-state index >= 15 is 0 Å². The molecule has 0 saturated carbocycles. The summed E-state index contributed by atoms with van der Waals surface area (Å²) in [7, 11) is 3.80. The lowest BCUT2D eigenvalue weighted by Gasteiger charge is -2.40. The first-order valence-corrected chi connectivity index (χ1v) is 12.3. The van der Waals surface area contributed by atoms with Crippen LogP contribution >= 0.6 is 0 Å². The molecule has 3 atom stereocenters. The molecule has 1 fully saturated rings. The van der Waals surface area contributed by atoms with Crippen LogP contribution in [0.3, 0.4) is 0 Å². The molecule has 0 radical (unpaired) electrons. The van der Waals surface area contributed by atoms with Crippen LogP contribution in [0.4, 0.5) is 0 Å². The van der Waals surface area contributed by atoms with Crippen LogP contribution in [0.1, 0.15) is 57.6 Å². The number of fused-ring (bicyclic) bond motifs is 1. The van der Waals surface area contributed by atoms with Crippen LogP contribution in [0, 0.1) is 11.8 Å². The van der Waals surface area contributed by atoms with Crippen LogP contribution in [0.5, 0.6) is 0 Å². The number of pyridine rings is 1. The molecule has 1 aliphatic heterocycles. The standard InChI is InChI=1S/C27H37N5O/c1-6-7-25(32-16-18(2)12-19(3)17-32)26-30-24-14-20(8-9-23(24)27(33)31(26)5)21-10-11-29-22(13-21)15-28-4/h8-11,13-14,18-19,25,28H,6-7,12,15-17H2,1-5H3/t18-,19+,25?. The normalized spacial score (nSPS) is 20.3. The predicted octanol–water partition coefficient (Wildman–Crippen LogP) is 4.53. The molecule has 1 aliphatic rings. The van der Waals surface area contributed by atoms with Gasteiger partial charge >= 0.3 is 0 Å². The Kier molecular flexibility index (Phi) is 7.25. The molecule has 33 heavy (non-hydrogen) atoms. The fraction of sp³-hybridized carbons (Fsp3) is 0.519. The lowest BCUT2D eigenvalue weighted by molar-refractivity contribution is 0.0841. The second-order valence-corrected chi connectivity index (χ2v) is 9.84. The molecule has 0 bridgehead atoms. The summed E-state index contributed by atoms with van der Waals surface area (Å²) in [6.45, 7) is 9.73. The van der Waals surface area contributed by atoms with Gasteiger partial charge in [-0.25, -0.2) is 4.98 Å². The Morgan fingerprint density at radius 1 is 1.12 bits per heavy atom. The van der Waals surface area contributed by atoms with E-state index in [2.05, 4.69) is 48.1 Å². The molecule has 6 nitrogen and oxygen atoms in total. The van der Waals surface area contributed by atoms with E-state index in [0.29, 0.717) is 17.2 Å². The fourth-order valence-electron chi connectivity index (χ4n) is 5.42. The molecular formula is C27H37N5O. The van der Waals surface area contributed by atoms with Gasteiger partial charge in [0.1, 0.15) is 5.82 Å². The van der Waals surface area contributed by atoms with Crippen molar-refractivity contribution < 1.29 is 0 Å². The van der Waals surface area contributed by atoms with E-state index < -0.39 is 0 Å². The maximum atomic E-state index is 13.3. The van der Waals surface area contributed by atoms with Gasteiger partial charge < -0.3 is 5.32 Å². The maximum Gasteiger partial charge on any atom is 0.261 e. The van der Waals surface area contributed by atoms with Crippen LogP contribution in [-0.2, 0) is 13.6 Å². The Balaban J connectivity index is 1.79. The van der Waals surface area contributed by atoms with Crippen molar-refractivity contribution in [3.05, 3.63) is 58.4 Å². The maximum absolute atomic E-state index is 13.3. The van der Waals surface area contributed by atoms with Crippen LogP contribution in [-0.4, -0.2) is 39.6 Å². The van der Waals surface area contributed by atoms with Crippen molar-refractivity contribution >= 4 is 10.9 Å². The second-order valence-electron chi connectivity index (χ2n) is 9.84. The summed E-state index contributed by atoms with van der Waals surface area (Å²) >= 11 is 0. The number of nitrogens with zero attached hydrogens (tertiary/aromatic N) is 4. The summed E-state index contributed by atoms with van der Waals surface area (Å²) in [6, 6.07) is 10.3. The van der Waals surface area contributed by atoms with Crippen LogP contribution in [0.25, 0.3) is 22.0 Å². The Labute approximate surface area is 197 Å². The minimum atomic E-state index is 0.0337. The van der Waals surface area contributed by atoms with E-state index in [-0.39, 0.29) is 11.6 Å². The largest absolute Gasteiger partial charge is 0.314 e. The average molecular weight is 448 g/mol. The Bertz CT molecular complexity index is 1160. The van der Waals surface area contributed by atoms with Crippen molar-refractivity contribution in [3.63, 3.8) is 0 Å². The Morgan fingerprint density at radius 2 is 1.85 bits per heavy atom. The van der Waals surface area contributed by atoms with Gasteiger partial charge in [0.2, 0.25) is 0 Å². The van der Waals surface area contributed by atoms with Gasteiger partial charge in [-0.15, -0.1) is 0 Å². The van der Waals surface area contributed by atoms with Gasteiger partial charge in [0.05, 0.1) is 22.6 Å². The van der Waals surface area contributed by atoms with E-state index in [1.807, 2.05) is 38.5 Å². The van der Waals surface area contributed by atoms with E-state index in [0.717, 1.165) is 60.6 Å². The first-order chi connectivity index (χ1) is 15.9. The lowest BCUT2D eigenvalue weighted by atomic mass is 9.90. The van der Waals surface area contributed by atoms with Crippen LogP contribution in [0.2, 0.25) is 0 Å². The number of piperidine rings is 1. The molecule has 1 N–H and O–H groups in total. The van der Waals surface area contributed by atoms with Crippen LogP contribution < -0.4 is 10.9 Å². The zero-order chi connectivity index (χ0) is 23.5. The van der Waals surface area contributed by atoms with E-state index in [4.69, 9.17) is 4.98 Å². The summed E-state index contributed by atoms with van der Waals surface area (Å²) in [5.41, 5.74) is 3.94. The Morgan fingerprint density at radius 3 is 2.55 bits per heavy atom. The summed E-state index contributed by atoms with van der Waals surface area (Å²) < 4.78 is 1.78. The molecule has 6 heteroatoms. The van der Waals surface area contributed by atoms with Crippen molar-refractivity contribution in [2.75, 3.05) is 20.1 Å². The molecular weight excluding hydrogens is 410 g/mol. The van der Waals surface area contributed by atoms with Gasteiger partial charge in [-0.3, -0.25) is 19.2 Å². The fourth-order valence-corrected chi connectivity index (χ4v) is 5.42. The molecule has 176 valence electrons. The molecule has 4 rings (SSSR count). The quantitative estimate of drug-likeness (QED) is 0.576. The van der Waals surface area contributed by atoms with Gasteiger partial charge in [0.25, 0.3) is 5.56 Å². The smallest absolute Gasteiger partial charge is 0.261 e. The molecule has 1 aromatic carbocycles. The zero-order valence-electron chi connectivity index (χ0n) is 20.6. The molecule has 3 heterocycles. The SMILES string of the molecule is CCCC(c1nc2cc(-c3ccnc(CNC)c3)ccc2c(=O)n1C)N1C[C@H](C)C[C@H](C)C1. The number of likely N-dealkylation sites (tertiary alicyclic amines) is 1. The van der Waals surface area contributed by atoms with Crippen molar-refractivity contribution in [3.8, 4) is 11.1 Å². The summed E-state index contributed by atoms with van der Waals surface area (Å²) in [4.78, 5) is 25.5. The zero-order valence-corrected chi connectivity index (χ0v) is 20.6. The molecule has 0 amide bonds. The topological polar surface area (TPSA) is 63.1 Å². The number of rotatable bonds is 7. The van der Waals surface area contributed by atoms with Crippen molar-refractivity contribution in [2.45, 2.75) is 52.6 Å². The first kappa shape index (κ1) is 23.6. The van der Waals surface area contributed by atoms with Crippen molar-refractivity contribution in [1.82, 2.24) is 24.8 Å². The molecule has 1 saturated heterocycles. The van der Waals surface area contributed by atoms with E-state index in [1.54, 1.807) is 4.57 Å². The molecule has 2 aromatic heterocycles. The van der Waals surface area contributed by atoms with Crippen LogP contribution in [0.15, 0.2) is 41.3 Å². The van der Waals surface area contributed by atoms with Gasteiger partial charge in [0, 0.05) is 32.9 Å². The third-order valence-corrected chi connectivity index (χ3v) is 6.82. The number of hydrogen-bond donors (Lipinski definition) is 1.